The summed E-state index contributed by atoms with van der Waals surface area (Å²) in [4.78, 5) is -0.141. The summed E-state index contributed by atoms with van der Waals surface area (Å²) < 4.78 is 34.0. The molecule has 3 nitrogen and oxygen atoms in total. The summed E-state index contributed by atoms with van der Waals surface area (Å²) in [5.74, 6) is 0. The summed E-state index contributed by atoms with van der Waals surface area (Å²) in [5, 5.41) is 1.95. The second-order valence-electron chi connectivity index (χ2n) is 7.16. The molecule has 5 heteroatoms. The molecule has 0 aromatic heterocycles. The fourth-order valence-corrected chi connectivity index (χ4v) is 4.08. The van der Waals surface area contributed by atoms with Crippen LogP contribution in [-0.2, 0) is 23.0 Å². The molecule has 0 saturated carbocycles. The van der Waals surface area contributed by atoms with Gasteiger partial charge in [-0.3, -0.25) is 0 Å². The van der Waals surface area contributed by atoms with Crippen LogP contribution in [0.3, 0.4) is 0 Å². The van der Waals surface area contributed by atoms with E-state index < -0.39 is 10.1 Å². The quantitative estimate of drug-likeness (QED) is 0.332. The molecule has 27 heavy (non-hydrogen) atoms. The van der Waals surface area contributed by atoms with Crippen molar-refractivity contribution in [1.82, 2.24) is 0 Å². The molecule has 0 heterocycles. The maximum atomic E-state index is 11.3. The van der Waals surface area contributed by atoms with Gasteiger partial charge in [0.1, 0.15) is 10.1 Å². The third-order valence-corrected chi connectivity index (χ3v) is 5.90. The molecular weight excluding hydrogens is 367 g/mol. The van der Waals surface area contributed by atoms with Gasteiger partial charge in [0.2, 0.25) is 0 Å². The zero-order valence-corrected chi connectivity index (χ0v) is 19.9. The van der Waals surface area contributed by atoms with Crippen LogP contribution in [0.4, 0.5) is 0 Å². The van der Waals surface area contributed by atoms with E-state index in [2.05, 4.69) is 19.9 Å². The third-order valence-electron chi connectivity index (χ3n) is 5.07. The Morgan fingerprint density at radius 1 is 0.815 bits per heavy atom. The maximum Gasteiger partial charge on any atom is 1.00 e. The number of hydrogen-bond acceptors (Lipinski definition) is 3. The molecule has 0 unspecified atom stereocenters. The van der Waals surface area contributed by atoms with Crippen LogP contribution in [0.2, 0.25) is 0 Å². The minimum absolute atomic E-state index is 0. The van der Waals surface area contributed by atoms with Crippen molar-refractivity contribution in [3.63, 3.8) is 0 Å². The van der Waals surface area contributed by atoms with Crippen LogP contribution in [0.5, 0.6) is 0 Å². The Morgan fingerprint density at radius 3 is 2.04 bits per heavy atom. The molecule has 0 radical (unpaired) electrons. The number of unbranched alkanes of at least 4 members (excludes halogenated alkanes) is 6. The van der Waals surface area contributed by atoms with Crippen molar-refractivity contribution >= 4 is 20.9 Å². The van der Waals surface area contributed by atoms with Gasteiger partial charge in [0.15, 0.2) is 0 Å². The summed E-state index contributed by atoms with van der Waals surface area (Å²) >= 11 is 0. The fraction of sp³-hybridized carbons (Fsp3) is 0.545. The molecule has 0 aliphatic heterocycles. The molecule has 0 amide bonds. The number of hydrogen-bond donors (Lipinski definition) is 0. The van der Waals surface area contributed by atoms with E-state index in [0.29, 0.717) is 0 Å². The van der Waals surface area contributed by atoms with Gasteiger partial charge in [-0.25, -0.2) is 8.42 Å². The second kappa shape index (κ2) is 12.2. The van der Waals surface area contributed by atoms with Gasteiger partial charge in [0.25, 0.3) is 0 Å². The summed E-state index contributed by atoms with van der Waals surface area (Å²) in [6.07, 6.45) is 11.8. The average molecular weight is 399 g/mol. The van der Waals surface area contributed by atoms with Crippen LogP contribution in [0, 0.1) is 0 Å². The standard InChI is InChI=1S/C22H32O3S.Na/c1-3-5-7-9-11-18-13-14-19-17-20(26(23,24)25)15-16-22(19)21(18)12-10-8-6-4-2;/h13-17H,3-12H2,1-2H3,(H,23,24,25);/q;+1/p-1. The SMILES string of the molecule is CCCCCCc1ccc2cc(S(=O)(=O)[O-])ccc2c1CCCCCC.[Na+]. The van der Waals surface area contributed by atoms with E-state index in [0.717, 1.165) is 30.0 Å². The van der Waals surface area contributed by atoms with Gasteiger partial charge in [0.05, 0.1) is 4.90 Å². The van der Waals surface area contributed by atoms with Gasteiger partial charge >= 0.3 is 29.6 Å². The average Bonchev–Trinajstić information content (AvgIpc) is 2.62. The molecule has 144 valence electrons. The molecule has 2 aromatic rings. The van der Waals surface area contributed by atoms with Gasteiger partial charge < -0.3 is 4.55 Å². The fourth-order valence-electron chi connectivity index (χ4n) is 3.57. The van der Waals surface area contributed by atoms with E-state index in [4.69, 9.17) is 0 Å². The summed E-state index contributed by atoms with van der Waals surface area (Å²) in [7, 11) is -4.41. The monoisotopic (exact) mass is 398 g/mol. The largest absolute Gasteiger partial charge is 1.00 e. The molecular formula is C22H31NaO3S. The van der Waals surface area contributed by atoms with Crippen LogP contribution in [0.25, 0.3) is 10.8 Å². The molecule has 0 atom stereocenters. The van der Waals surface area contributed by atoms with Crippen molar-refractivity contribution in [2.75, 3.05) is 0 Å². The van der Waals surface area contributed by atoms with Crippen LogP contribution in [0.1, 0.15) is 76.3 Å². The van der Waals surface area contributed by atoms with E-state index >= 15 is 0 Å². The molecule has 2 aromatic carbocycles. The zero-order valence-electron chi connectivity index (χ0n) is 17.1. The van der Waals surface area contributed by atoms with Gasteiger partial charge in [0, 0.05) is 0 Å². The predicted octanol–water partition coefficient (Wildman–Crippen LogP) is 2.99. The maximum absolute atomic E-state index is 11.3. The molecule has 0 N–H and O–H groups in total. The van der Waals surface area contributed by atoms with Crippen molar-refractivity contribution in [2.24, 2.45) is 0 Å². The normalized spacial score (nSPS) is 11.5. The zero-order chi connectivity index (χ0) is 19.0. The Labute approximate surface area is 187 Å². The smallest absolute Gasteiger partial charge is 0.744 e. The Kier molecular flexibility index (Phi) is 11.2. The van der Waals surface area contributed by atoms with E-state index in [1.54, 1.807) is 0 Å². The first kappa shape index (κ1) is 24.6. The molecule has 0 fully saturated rings. The molecule has 0 aliphatic carbocycles. The van der Waals surface area contributed by atoms with Crippen LogP contribution in [0.15, 0.2) is 35.2 Å². The van der Waals surface area contributed by atoms with Crippen molar-refractivity contribution in [2.45, 2.75) is 83.0 Å². The van der Waals surface area contributed by atoms with E-state index in [1.807, 2.05) is 12.1 Å². The Bertz CT molecular complexity index is 816. The Hall–Kier alpha value is -0.390. The van der Waals surface area contributed by atoms with Crippen LogP contribution in [-0.4, -0.2) is 13.0 Å². The van der Waals surface area contributed by atoms with Crippen molar-refractivity contribution in [3.8, 4) is 0 Å². The first-order valence-electron chi connectivity index (χ1n) is 9.97. The van der Waals surface area contributed by atoms with Crippen molar-refractivity contribution in [1.29, 1.82) is 0 Å². The van der Waals surface area contributed by atoms with Gasteiger partial charge in [-0.1, -0.05) is 70.6 Å². The van der Waals surface area contributed by atoms with Crippen LogP contribution < -0.4 is 29.6 Å². The number of fused-ring (bicyclic) bond motifs is 1. The van der Waals surface area contributed by atoms with Crippen molar-refractivity contribution in [3.05, 3.63) is 41.5 Å². The van der Waals surface area contributed by atoms with E-state index in [9.17, 15) is 13.0 Å². The van der Waals surface area contributed by atoms with E-state index in [-0.39, 0.29) is 34.5 Å². The Morgan fingerprint density at radius 2 is 1.44 bits per heavy atom. The van der Waals surface area contributed by atoms with Crippen LogP contribution >= 0.6 is 0 Å². The number of aryl methyl sites for hydroxylation is 2. The van der Waals surface area contributed by atoms with Gasteiger partial charge in [-0.2, -0.15) is 0 Å². The summed E-state index contributed by atoms with van der Waals surface area (Å²) in [6.45, 7) is 4.43. The molecule has 0 saturated heterocycles. The molecule has 0 bridgehead atoms. The molecule has 0 spiro atoms. The first-order valence-corrected chi connectivity index (χ1v) is 11.4. The minimum atomic E-state index is -4.41. The third kappa shape index (κ3) is 7.51. The first-order chi connectivity index (χ1) is 12.5. The number of rotatable bonds is 11. The summed E-state index contributed by atoms with van der Waals surface area (Å²) in [5.41, 5.74) is 2.72. The van der Waals surface area contributed by atoms with Gasteiger partial charge in [-0.05, 0) is 59.7 Å². The summed E-state index contributed by atoms with van der Waals surface area (Å²) in [6, 6.07) is 8.90. The topological polar surface area (TPSA) is 57.2 Å². The predicted molar refractivity (Wildman–Crippen MR) is 108 cm³/mol. The molecule has 2 rings (SSSR count). The minimum Gasteiger partial charge on any atom is -0.744 e. The van der Waals surface area contributed by atoms with Gasteiger partial charge in [-0.15, -0.1) is 0 Å². The molecule has 0 aliphatic rings. The number of benzene rings is 2. The van der Waals surface area contributed by atoms with E-state index in [1.165, 1.54) is 68.2 Å². The van der Waals surface area contributed by atoms with Crippen molar-refractivity contribution < 1.29 is 42.5 Å². The second-order valence-corrected chi connectivity index (χ2v) is 8.54. The Balaban J connectivity index is 0.00000364.